The van der Waals surface area contributed by atoms with Crippen molar-refractivity contribution >= 4 is 10.0 Å². The lowest BCUT2D eigenvalue weighted by Crippen LogP contribution is -2.48. The zero-order valence-electron chi connectivity index (χ0n) is 11.9. The highest BCUT2D eigenvalue weighted by molar-refractivity contribution is 7.89. The summed E-state index contributed by atoms with van der Waals surface area (Å²) in [6, 6.07) is 6.44. The van der Waals surface area contributed by atoms with Gasteiger partial charge in [-0.3, -0.25) is 0 Å². The van der Waals surface area contributed by atoms with Gasteiger partial charge in [-0.25, -0.2) is 8.42 Å². The molecule has 1 aromatic carbocycles. The second-order valence-corrected chi connectivity index (χ2v) is 6.86. The summed E-state index contributed by atoms with van der Waals surface area (Å²) in [5, 5.41) is 0. The van der Waals surface area contributed by atoms with Gasteiger partial charge >= 0.3 is 0 Å². The Bertz CT molecular complexity index is 587. The van der Waals surface area contributed by atoms with Crippen molar-refractivity contribution in [1.29, 1.82) is 0 Å². The summed E-state index contributed by atoms with van der Waals surface area (Å²) in [6.45, 7) is 3.69. The molecule has 0 amide bonds. The molecule has 0 bridgehead atoms. The Morgan fingerprint density at radius 2 is 1.90 bits per heavy atom. The Balaban J connectivity index is 1.89. The first-order valence-electron chi connectivity index (χ1n) is 7.12. The predicted octanol–water partition coefficient (Wildman–Crippen LogP) is 1.57. The van der Waals surface area contributed by atoms with Crippen LogP contribution in [-0.4, -0.2) is 45.0 Å². The summed E-state index contributed by atoms with van der Waals surface area (Å²) in [7, 11) is -3.63. The maximum Gasteiger partial charge on any atom is 0.247 e. The molecule has 1 aromatic rings. The molecule has 21 heavy (non-hydrogen) atoms. The van der Waals surface area contributed by atoms with Crippen LogP contribution in [0, 0.1) is 0 Å². The number of benzene rings is 1. The highest BCUT2D eigenvalue weighted by Gasteiger charge is 2.52. The molecule has 0 saturated carbocycles. The van der Waals surface area contributed by atoms with Crippen LogP contribution >= 0.6 is 0 Å². The first kappa shape index (κ1) is 14.8. The van der Waals surface area contributed by atoms with Crippen LogP contribution in [0.3, 0.4) is 0 Å². The lowest BCUT2D eigenvalue weighted by Gasteiger charge is -2.31. The first-order valence-corrected chi connectivity index (χ1v) is 8.56. The van der Waals surface area contributed by atoms with Gasteiger partial charge in [0.15, 0.2) is 0 Å². The van der Waals surface area contributed by atoms with E-state index < -0.39 is 15.9 Å². The molecule has 2 saturated heterocycles. The molecule has 3 rings (SSSR count). The monoisotopic (exact) mass is 313 g/mol. The van der Waals surface area contributed by atoms with Crippen molar-refractivity contribution in [2.75, 3.05) is 26.4 Å². The third-order valence-electron chi connectivity index (χ3n) is 3.70. The van der Waals surface area contributed by atoms with Gasteiger partial charge in [0.05, 0.1) is 24.7 Å². The first-order chi connectivity index (χ1) is 10.1. The van der Waals surface area contributed by atoms with Gasteiger partial charge in [-0.05, 0) is 37.6 Å². The van der Waals surface area contributed by atoms with E-state index in [0.717, 1.165) is 6.42 Å². The van der Waals surface area contributed by atoms with E-state index in [1.807, 2.05) is 6.92 Å². The summed E-state index contributed by atoms with van der Waals surface area (Å²) in [5.74, 6) is -0.446. The number of ether oxygens (including phenoxy) is 3. The van der Waals surface area contributed by atoms with Crippen LogP contribution < -0.4 is 4.74 Å². The summed E-state index contributed by atoms with van der Waals surface area (Å²) >= 11 is 0. The van der Waals surface area contributed by atoms with Gasteiger partial charge in [-0.15, -0.1) is 4.31 Å². The normalized spacial score (nSPS) is 22.0. The minimum atomic E-state index is -3.63. The molecule has 0 unspecified atom stereocenters. The van der Waals surface area contributed by atoms with Crippen LogP contribution in [0.5, 0.6) is 5.75 Å². The Labute approximate surface area is 124 Å². The maximum absolute atomic E-state index is 12.8. The van der Waals surface area contributed by atoms with E-state index in [1.165, 1.54) is 4.31 Å². The molecule has 7 heteroatoms. The molecule has 0 radical (unpaired) electrons. The van der Waals surface area contributed by atoms with Crippen molar-refractivity contribution in [3.8, 4) is 5.75 Å². The molecule has 1 spiro atoms. The fraction of sp³-hybridized carbons (Fsp3) is 0.571. The average molecular weight is 313 g/mol. The number of nitrogens with zero attached hydrogens (tertiary/aromatic N) is 1. The van der Waals surface area contributed by atoms with Crippen LogP contribution in [0.1, 0.15) is 19.8 Å². The molecular weight excluding hydrogens is 294 g/mol. The summed E-state index contributed by atoms with van der Waals surface area (Å²) < 4.78 is 43.4. The molecule has 116 valence electrons. The van der Waals surface area contributed by atoms with E-state index in [2.05, 4.69) is 0 Å². The summed E-state index contributed by atoms with van der Waals surface area (Å²) in [6.07, 6.45) is 1.31. The van der Waals surface area contributed by atoms with Crippen molar-refractivity contribution in [3.05, 3.63) is 24.3 Å². The molecule has 2 heterocycles. The van der Waals surface area contributed by atoms with Gasteiger partial charge in [0, 0.05) is 13.0 Å². The van der Waals surface area contributed by atoms with E-state index in [-0.39, 0.29) is 4.90 Å². The topological polar surface area (TPSA) is 65.1 Å². The highest BCUT2D eigenvalue weighted by Crippen LogP contribution is 2.39. The third-order valence-corrected chi connectivity index (χ3v) is 5.60. The fourth-order valence-electron chi connectivity index (χ4n) is 2.78. The molecule has 6 nitrogen and oxygen atoms in total. The molecule has 2 aliphatic heterocycles. The second-order valence-electron chi connectivity index (χ2n) is 4.99. The zero-order valence-corrected chi connectivity index (χ0v) is 12.8. The largest absolute Gasteiger partial charge is 0.494 e. The van der Waals surface area contributed by atoms with E-state index in [4.69, 9.17) is 14.2 Å². The molecule has 0 aromatic heterocycles. The van der Waals surface area contributed by atoms with E-state index in [0.29, 0.717) is 38.5 Å². The van der Waals surface area contributed by atoms with Crippen LogP contribution in [0.25, 0.3) is 0 Å². The van der Waals surface area contributed by atoms with Crippen LogP contribution in [-0.2, 0) is 19.5 Å². The summed E-state index contributed by atoms with van der Waals surface area (Å²) in [4.78, 5) is 0.228. The van der Waals surface area contributed by atoms with E-state index in [1.54, 1.807) is 24.3 Å². The highest BCUT2D eigenvalue weighted by atomic mass is 32.2. The number of sulfonamides is 1. The number of hydrogen-bond donors (Lipinski definition) is 0. The quantitative estimate of drug-likeness (QED) is 0.844. The lowest BCUT2D eigenvalue weighted by atomic mass is 10.3. The molecule has 0 N–H and O–H groups in total. The minimum Gasteiger partial charge on any atom is -0.494 e. The minimum absolute atomic E-state index is 0.228. The second kappa shape index (κ2) is 5.57. The van der Waals surface area contributed by atoms with Crippen molar-refractivity contribution in [2.24, 2.45) is 0 Å². The molecule has 2 aliphatic rings. The van der Waals surface area contributed by atoms with Gasteiger partial charge in [-0.1, -0.05) is 0 Å². The Morgan fingerprint density at radius 3 is 2.52 bits per heavy atom. The number of hydrogen-bond acceptors (Lipinski definition) is 5. The maximum atomic E-state index is 12.8. The van der Waals surface area contributed by atoms with Crippen LogP contribution in [0.4, 0.5) is 0 Å². The van der Waals surface area contributed by atoms with Crippen molar-refractivity contribution in [1.82, 2.24) is 4.31 Å². The molecular formula is C14H19NO5S. The predicted molar refractivity (Wildman–Crippen MR) is 75.4 cm³/mol. The average Bonchev–Trinajstić information content (AvgIpc) is 3.11. The Morgan fingerprint density at radius 1 is 1.24 bits per heavy atom. The summed E-state index contributed by atoms with van der Waals surface area (Å²) in [5.41, 5.74) is 0. The smallest absolute Gasteiger partial charge is 0.247 e. The van der Waals surface area contributed by atoms with E-state index >= 15 is 0 Å². The van der Waals surface area contributed by atoms with Gasteiger partial charge in [-0.2, -0.15) is 0 Å². The van der Waals surface area contributed by atoms with E-state index in [9.17, 15) is 8.42 Å². The van der Waals surface area contributed by atoms with Crippen molar-refractivity contribution in [2.45, 2.75) is 30.6 Å². The fourth-order valence-corrected chi connectivity index (χ4v) is 4.45. The Hall–Kier alpha value is -1.15. The number of rotatable bonds is 4. The van der Waals surface area contributed by atoms with Crippen molar-refractivity contribution in [3.63, 3.8) is 0 Å². The van der Waals surface area contributed by atoms with Gasteiger partial charge < -0.3 is 14.2 Å². The molecule has 0 aliphatic carbocycles. The van der Waals surface area contributed by atoms with Crippen LogP contribution in [0.2, 0.25) is 0 Å². The molecule has 0 atom stereocenters. The lowest BCUT2D eigenvalue weighted by molar-refractivity contribution is -0.209. The van der Waals surface area contributed by atoms with Gasteiger partial charge in [0.1, 0.15) is 5.75 Å². The third kappa shape index (κ3) is 2.55. The Kier molecular flexibility index (Phi) is 3.92. The van der Waals surface area contributed by atoms with Gasteiger partial charge in [0.2, 0.25) is 15.9 Å². The van der Waals surface area contributed by atoms with Crippen LogP contribution in [0.15, 0.2) is 29.2 Å². The standard InChI is InChI=1S/C14H19NO5S/c1-2-18-12-4-6-13(7-5-12)21(16,17)15-9-3-8-14(15)19-10-11-20-14/h4-7H,2-3,8-11H2,1H3. The SMILES string of the molecule is CCOc1ccc(S(=O)(=O)N2CCCC23OCCO3)cc1. The van der Waals surface area contributed by atoms with Gasteiger partial charge in [0.25, 0.3) is 0 Å². The molecule has 2 fully saturated rings. The zero-order chi connectivity index (χ0) is 14.9. The van der Waals surface area contributed by atoms with Crippen molar-refractivity contribution < 1.29 is 22.6 Å².